The van der Waals surface area contributed by atoms with Crippen molar-refractivity contribution in [3.8, 4) is 5.69 Å². The van der Waals surface area contributed by atoms with Crippen LogP contribution in [0.5, 0.6) is 0 Å². The van der Waals surface area contributed by atoms with Gasteiger partial charge in [-0.1, -0.05) is 6.07 Å². The molecule has 3 N–H and O–H groups in total. The number of amides is 1. The number of hydrogen-bond acceptors (Lipinski definition) is 3. The molecule has 0 saturated carbocycles. The molecule has 140 valence electrons. The Morgan fingerprint density at radius 2 is 1.89 bits per heavy atom. The molecule has 8 heteroatoms. The number of aromatic nitrogens is 2. The van der Waals surface area contributed by atoms with Gasteiger partial charge in [-0.2, -0.15) is 13.2 Å². The van der Waals surface area contributed by atoms with E-state index in [0.717, 1.165) is 11.6 Å². The predicted octanol–water partition coefficient (Wildman–Crippen LogP) is 4.34. The average molecular weight is 374 g/mol. The number of carbonyl (C=O) groups is 1. The highest BCUT2D eigenvalue weighted by Crippen LogP contribution is 2.35. The average Bonchev–Trinajstić information content (AvgIpc) is 3.02. The lowest BCUT2D eigenvalue weighted by Crippen LogP contribution is -2.16. The summed E-state index contributed by atoms with van der Waals surface area (Å²) in [4.78, 5) is 16.4. The fourth-order valence-corrected chi connectivity index (χ4v) is 2.67. The molecule has 1 heterocycles. The van der Waals surface area contributed by atoms with E-state index in [0.29, 0.717) is 17.2 Å². The zero-order chi connectivity index (χ0) is 19.8. The summed E-state index contributed by atoms with van der Waals surface area (Å²) in [6.45, 7) is 3.41. The number of nitrogens with one attached hydrogen (secondary N) is 1. The van der Waals surface area contributed by atoms with Crippen LogP contribution in [0.1, 0.15) is 27.3 Å². The molecule has 0 fully saturated rings. The fraction of sp³-hybridized carbons (Fsp3) is 0.158. The first kappa shape index (κ1) is 18.5. The normalized spacial score (nSPS) is 11.4. The van der Waals surface area contributed by atoms with Crippen molar-refractivity contribution in [1.29, 1.82) is 0 Å². The Kier molecular flexibility index (Phi) is 4.65. The van der Waals surface area contributed by atoms with Gasteiger partial charge >= 0.3 is 6.18 Å². The highest BCUT2D eigenvalue weighted by molar-refractivity contribution is 6.04. The lowest BCUT2D eigenvalue weighted by Gasteiger charge is -2.16. The third-order valence-corrected chi connectivity index (χ3v) is 4.19. The molecule has 0 atom stereocenters. The lowest BCUT2D eigenvalue weighted by atomic mass is 10.1. The Morgan fingerprint density at radius 3 is 2.48 bits per heavy atom. The Bertz CT molecular complexity index is 1010. The number of aryl methyl sites for hydroxylation is 2. The molecule has 5 nitrogen and oxygen atoms in total. The van der Waals surface area contributed by atoms with E-state index < -0.39 is 17.6 Å². The van der Waals surface area contributed by atoms with Gasteiger partial charge in [0.05, 0.1) is 11.3 Å². The van der Waals surface area contributed by atoms with Gasteiger partial charge < -0.3 is 15.6 Å². The van der Waals surface area contributed by atoms with Crippen LogP contribution in [0.4, 0.5) is 24.5 Å². The summed E-state index contributed by atoms with van der Waals surface area (Å²) in [5, 5.41) is 2.57. The number of imidazole rings is 1. The summed E-state index contributed by atoms with van der Waals surface area (Å²) in [6, 6.07) is 8.35. The predicted molar refractivity (Wildman–Crippen MR) is 96.8 cm³/mol. The summed E-state index contributed by atoms with van der Waals surface area (Å²) in [5.41, 5.74) is 6.41. The van der Waals surface area contributed by atoms with E-state index >= 15 is 0 Å². The number of nitrogens with two attached hydrogens (primary N) is 1. The van der Waals surface area contributed by atoms with Gasteiger partial charge in [-0.3, -0.25) is 4.79 Å². The SMILES string of the molecule is Cc1ccc(NC(=O)c2ccc(-n3ccnc3C)c(C(F)(F)F)c2)cc1N. The van der Waals surface area contributed by atoms with Crippen LogP contribution < -0.4 is 11.1 Å². The summed E-state index contributed by atoms with van der Waals surface area (Å²) < 4.78 is 42.0. The molecule has 1 aromatic heterocycles. The molecule has 3 aromatic rings. The first-order valence-corrected chi connectivity index (χ1v) is 8.06. The van der Waals surface area contributed by atoms with Crippen molar-refractivity contribution in [3.63, 3.8) is 0 Å². The maximum Gasteiger partial charge on any atom is 0.418 e. The molecule has 0 radical (unpaired) electrons. The van der Waals surface area contributed by atoms with Crippen LogP contribution in [-0.2, 0) is 6.18 Å². The van der Waals surface area contributed by atoms with Crippen molar-refractivity contribution in [1.82, 2.24) is 9.55 Å². The quantitative estimate of drug-likeness (QED) is 0.670. The monoisotopic (exact) mass is 374 g/mol. The molecule has 0 bridgehead atoms. The first-order valence-electron chi connectivity index (χ1n) is 8.06. The molecule has 0 saturated heterocycles. The molecular weight excluding hydrogens is 357 g/mol. The minimum absolute atomic E-state index is 0.0892. The zero-order valence-corrected chi connectivity index (χ0v) is 14.6. The second-order valence-electron chi connectivity index (χ2n) is 6.10. The first-order chi connectivity index (χ1) is 12.7. The van der Waals surface area contributed by atoms with Crippen molar-refractivity contribution >= 4 is 17.3 Å². The molecule has 27 heavy (non-hydrogen) atoms. The van der Waals surface area contributed by atoms with Gasteiger partial charge in [0.25, 0.3) is 5.91 Å². The van der Waals surface area contributed by atoms with E-state index in [-0.39, 0.29) is 11.3 Å². The number of benzene rings is 2. The zero-order valence-electron chi connectivity index (χ0n) is 14.6. The maximum absolute atomic E-state index is 13.6. The smallest absolute Gasteiger partial charge is 0.398 e. The van der Waals surface area contributed by atoms with Crippen molar-refractivity contribution < 1.29 is 18.0 Å². The van der Waals surface area contributed by atoms with Gasteiger partial charge in [-0.15, -0.1) is 0 Å². The van der Waals surface area contributed by atoms with E-state index in [4.69, 9.17) is 5.73 Å². The van der Waals surface area contributed by atoms with Crippen molar-refractivity contribution in [2.24, 2.45) is 0 Å². The van der Waals surface area contributed by atoms with Gasteiger partial charge in [0, 0.05) is 29.3 Å². The van der Waals surface area contributed by atoms with Crippen LogP contribution in [0.3, 0.4) is 0 Å². The number of hydrogen-bond donors (Lipinski definition) is 2. The molecular formula is C19H17F3N4O. The molecule has 0 aliphatic heterocycles. The number of halogens is 3. The second kappa shape index (κ2) is 6.79. The Balaban J connectivity index is 1.98. The third-order valence-electron chi connectivity index (χ3n) is 4.19. The van der Waals surface area contributed by atoms with Gasteiger partial charge in [-0.05, 0) is 49.7 Å². The number of rotatable bonds is 3. The summed E-state index contributed by atoms with van der Waals surface area (Å²) in [7, 11) is 0. The van der Waals surface area contributed by atoms with Crippen molar-refractivity contribution in [2.45, 2.75) is 20.0 Å². The van der Waals surface area contributed by atoms with E-state index in [1.165, 1.54) is 29.1 Å². The number of nitrogens with zero attached hydrogens (tertiary/aromatic N) is 2. The number of nitrogen functional groups attached to an aromatic ring is 1. The highest BCUT2D eigenvalue weighted by Gasteiger charge is 2.35. The van der Waals surface area contributed by atoms with Crippen LogP contribution in [0.25, 0.3) is 5.69 Å². The fourth-order valence-electron chi connectivity index (χ4n) is 2.67. The van der Waals surface area contributed by atoms with Crippen LogP contribution in [0, 0.1) is 13.8 Å². The van der Waals surface area contributed by atoms with Gasteiger partial charge in [0.15, 0.2) is 0 Å². The van der Waals surface area contributed by atoms with Crippen LogP contribution in [0.2, 0.25) is 0 Å². The van der Waals surface area contributed by atoms with E-state index in [9.17, 15) is 18.0 Å². The van der Waals surface area contributed by atoms with Gasteiger partial charge in [-0.25, -0.2) is 4.98 Å². The summed E-state index contributed by atoms with van der Waals surface area (Å²) >= 11 is 0. The minimum atomic E-state index is -4.63. The molecule has 2 aromatic carbocycles. The molecule has 0 spiro atoms. The van der Waals surface area contributed by atoms with Crippen LogP contribution in [0.15, 0.2) is 48.8 Å². The Morgan fingerprint density at radius 1 is 1.15 bits per heavy atom. The van der Waals surface area contributed by atoms with E-state index in [2.05, 4.69) is 10.3 Å². The molecule has 3 rings (SSSR count). The van der Waals surface area contributed by atoms with Crippen molar-refractivity contribution in [2.75, 3.05) is 11.1 Å². The molecule has 0 aliphatic rings. The lowest BCUT2D eigenvalue weighted by molar-refractivity contribution is -0.137. The van der Waals surface area contributed by atoms with E-state index in [1.54, 1.807) is 25.1 Å². The number of carbonyl (C=O) groups excluding carboxylic acids is 1. The minimum Gasteiger partial charge on any atom is -0.398 e. The standard InChI is InChI=1S/C19H17F3N4O/c1-11-3-5-14(10-16(11)23)25-18(27)13-4-6-17(15(9-13)19(20,21)22)26-8-7-24-12(26)2/h3-10H,23H2,1-2H3,(H,25,27). The Labute approximate surface area is 153 Å². The molecule has 0 unspecified atom stereocenters. The molecule has 0 aliphatic carbocycles. The van der Waals surface area contributed by atoms with Gasteiger partial charge in [0.2, 0.25) is 0 Å². The van der Waals surface area contributed by atoms with E-state index in [1.807, 2.05) is 6.92 Å². The maximum atomic E-state index is 13.6. The van der Waals surface area contributed by atoms with Crippen molar-refractivity contribution in [3.05, 3.63) is 71.3 Å². The van der Waals surface area contributed by atoms with Crippen LogP contribution in [-0.4, -0.2) is 15.5 Å². The van der Waals surface area contributed by atoms with Gasteiger partial charge in [0.1, 0.15) is 5.82 Å². The number of anilines is 2. The third kappa shape index (κ3) is 3.79. The number of alkyl halides is 3. The molecule has 1 amide bonds. The van der Waals surface area contributed by atoms with Crippen LogP contribution >= 0.6 is 0 Å². The summed E-state index contributed by atoms with van der Waals surface area (Å²) in [5.74, 6) is -0.245. The largest absolute Gasteiger partial charge is 0.418 e. The Hall–Kier alpha value is -3.29. The summed E-state index contributed by atoms with van der Waals surface area (Å²) in [6.07, 6.45) is -1.77. The second-order valence-corrected chi connectivity index (χ2v) is 6.10. The topological polar surface area (TPSA) is 72.9 Å². The highest BCUT2D eigenvalue weighted by atomic mass is 19.4.